The van der Waals surface area contributed by atoms with Crippen LogP contribution in [0.3, 0.4) is 0 Å². The zero-order valence-electron chi connectivity index (χ0n) is 14.4. The summed E-state index contributed by atoms with van der Waals surface area (Å²) in [6, 6.07) is 12.2. The molecule has 25 heavy (non-hydrogen) atoms. The van der Waals surface area contributed by atoms with Gasteiger partial charge in [-0.25, -0.2) is 0 Å². The number of benzene rings is 1. The molecular formula is C18H22N6S. The Bertz CT molecular complexity index is 818. The normalized spacial score (nSPS) is 11.0. The van der Waals surface area contributed by atoms with Gasteiger partial charge in [0, 0.05) is 17.1 Å². The van der Waals surface area contributed by atoms with E-state index in [2.05, 4.69) is 49.6 Å². The molecule has 0 saturated heterocycles. The third kappa shape index (κ3) is 4.74. The topological polar surface area (TPSA) is 80.0 Å². The molecule has 0 fully saturated rings. The summed E-state index contributed by atoms with van der Waals surface area (Å²) in [4.78, 5) is 16.6. The number of nitrogens with one attached hydrogen (secondary N) is 1. The molecule has 7 heteroatoms. The van der Waals surface area contributed by atoms with Gasteiger partial charge in [-0.05, 0) is 36.5 Å². The van der Waals surface area contributed by atoms with Crippen LogP contribution < -0.4 is 11.1 Å². The molecule has 3 N–H and O–H groups in total. The molecule has 0 amide bonds. The number of nitrogen functional groups attached to an aromatic ring is 1. The number of hydrogen-bond donors (Lipinski definition) is 2. The summed E-state index contributed by atoms with van der Waals surface area (Å²) in [7, 11) is 0. The Hall–Kier alpha value is -2.51. The molecule has 0 aliphatic heterocycles. The minimum atomic E-state index is 0.230. The van der Waals surface area contributed by atoms with Crippen molar-refractivity contribution in [2.24, 2.45) is 0 Å². The van der Waals surface area contributed by atoms with Crippen molar-refractivity contribution in [1.29, 1.82) is 0 Å². The van der Waals surface area contributed by atoms with Gasteiger partial charge in [-0.15, -0.1) is 11.3 Å². The number of nitrogens with two attached hydrogens (primary N) is 1. The van der Waals surface area contributed by atoms with Crippen molar-refractivity contribution in [3.8, 4) is 0 Å². The fourth-order valence-electron chi connectivity index (χ4n) is 2.50. The van der Waals surface area contributed by atoms with Gasteiger partial charge in [0.05, 0.1) is 6.54 Å². The van der Waals surface area contributed by atoms with E-state index < -0.39 is 0 Å². The van der Waals surface area contributed by atoms with E-state index in [4.69, 9.17) is 5.73 Å². The van der Waals surface area contributed by atoms with Gasteiger partial charge < -0.3 is 11.1 Å². The lowest BCUT2D eigenvalue weighted by atomic mass is 10.2. The molecule has 0 aliphatic carbocycles. The third-order valence-electron chi connectivity index (χ3n) is 3.86. The summed E-state index contributed by atoms with van der Waals surface area (Å²) in [5.41, 5.74) is 7.97. The van der Waals surface area contributed by atoms with Gasteiger partial charge in [0.15, 0.2) is 0 Å². The zero-order chi connectivity index (χ0) is 17.6. The van der Waals surface area contributed by atoms with Gasteiger partial charge in [0.1, 0.15) is 5.82 Å². The molecular weight excluding hydrogens is 332 g/mol. The summed E-state index contributed by atoms with van der Waals surface area (Å²) in [5, 5.41) is 5.32. The van der Waals surface area contributed by atoms with Gasteiger partial charge in [-0.1, -0.05) is 31.2 Å². The van der Waals surface area contributed by atoms with Crippen LogP contribution in [0.4, 0.5) is 17.6 Å². The molecule has 0 bridgehead atoms. The highest BCUT2D eigenvalue weighted by Gasteiger charge is 2.11. The first-order valence-corrected chi connectivity index (χ1v) is 9.10. The molecule has 0 saturated carbocycles. The summed E-state index contributed by atoms with van der Waals surface area (Å²) in [6.45, 7) is 6.58. The quantitative estimate of drug-likeness (QED) is 0.675. The molecule has 0 spiro atoms. The van der Waals surface area contributed by atoms with Gasteiger partial charge in [-0.3, -0.25) is 4.90 Å². The van der Waals surface area contributed by atoms with Crippen LogP contribution in [0.2, 0.25) is 0 Å². The molecule has 2 heterocycles. The lowest BCUT2D eigenvalue weighted by molar-refractivity contribution is 0.267. The van der Waals surface area contributed by atoms with Crippen LogP contribution in [0, 0.1) is 6.92 Å². The fourth-order valence-corrected chi connectivity index (χ4v) is 3.25. The molecule has 0 unspecified atom stereocenters. The molecule has 0 atom stereocenters. The number of rotatable bonds is 7. The predicted octanol–water partition coefficient (Wildman–Crippen LogP) is 3.59. The molecule has 0 aliphatic rings. The SMILES string of the molecule is CCN(Cc1nc(N)nc(Nc2ccccc2C)n1)Cc1cccs1. The third-order valence-corrected chi connectivity index (χ3v) is 4.72. The average molecular weight is 354 g/mol. The van der Waals surface area contributed by atoms with Gasteiger partial charge in [0.2, 0.25) is 11.9 Å². The maximum atomic E-state index is 5.89. The van der Waals surface area contributed by atoms with Crippen LogP contribution in [0.1, 0.15) is 23.2 Å². The van der Waals surface area contributed by atoms with Crippen LogP contribution in [-0.4, -0.2) is 26.4 Å². The Morgan fingerprint density at radius 3 is 2.64 bits per heavy atom. The molecule has 2 aromatic heterocycles. The lowest BCUT2D eigenvalue weighted by Gasteiger charge is -2.19. The highest BCUT2D eigenvalue weighted by atomic mass is 32.1. The highest BCUT2D eigenvalue weighted by Crippen LogP contribution is 2.18. The van der Waals surface area contributed by atoms with E-state index in [1.165, 1.54) is 4.88 Å². The number of hydrogen-bond acceptors (Lipinski definition) is 7. The van der Waals surface area contributed by atoms with Crippen molar-refractivity contribution in [1.82, 2.24) is 19.9 Å². The second kappa shape index (κ2) is 8.04. The molecule has 0 radical (unpaired) electrons. The van der Waals surface area contributed by atoms with Crippen LogP contribution in [0.5, 0.6) is 0 Å². The second-order valence-corrected chi connectivity index (χ2v) is 6.79. The van der Waals surface area contributed by atoms with Gasteiger partial charge in [0.25, 0.3) is 0 Å². The highest BCUT2D eigenvalue weighted by molar-refractivity contribution is 7.09. The number of aryl methyl sites for hydroxylation is 1. The molecule has 6 nitrogen and oxygen atoms in total. The van der Waals surface area contributed by atoms with Crippen molar-refractivity contribution in [2.75, 3.05) is 17.6 Å². The number of nitrogens with zero attached hydrogens (tertiary/aromatic N) is 4. The van der Waals surface area contributed by atoms with Crippen molar-refractivity contribution in [3.63, 3.8) is 0 Å². The zero-order valence-corrected chi connectivity index (χ0v) is 15.3. The van der Waals surface area contributed by atoms with Crippen LogP contribution >= 0.6 is 11.3 Å². The predicted molar refractivity (Wildman–Crippen MR) is 103 cm³/mol. The van der Waals surface area contributed by atoms with E-state index in [9.17, 15) is 0 Å². The standard InChI is InChI=1S/C18H22N6S/c1-3-24(11-14-8-6-10-25-14)12-16-21-17(19)23-18(22-16)20-15-9-5-4-7-13(15)2/h4-10H,3,11-12H2,1-2H3,(H3,19,20,21,22,23). The Morgan fingerprint density at radius 2 is 1.92 bits per heavy atom. The van der Waals surface area contributed by atoms with Crippen molar-refractivity contribution < 1.29 is 0 Å². The first-order valence-electron chi connectivity index (χ1n) is 8.22. The summed E-state index contributed by atoms with van der Waals surface area (Å²) >= 11 is 1.75. The average Bonchev–Trinajstić information content (AvgIpc) is 3.09. The maximum absolute atomic E-state index is 5.89. The monoisotopic (exact) mass is 354 g/mol. The van der Waals surface area contributed by atoms with E-state index in [1.807, 2.05) is 31.2 Å². The van der Waals surface area contributed by atoms with E-state index in [-0.39, 0.29) is 5.95 Å². The van der Waals surface area contributed by atoms with Crippen molar-refractivity contribution >= 4 is 28.9 Å². The molecule has 1 aromatic carbocycles. The van der Waals surface area contributed by atoms with Crippen LogP contribution in [-0.2, 0) is 13.1 Å². The molecule has 130 valence electrons. The minimum absolute atomic E-state index is 0.230. The maximum Gasteiger partial charge on any atom is 0.232 e. The summed E-state index contributed by atoms with van der Waals surface area (Å²) in [5.74, 6) is 1.37. The molecule has 3 aromatic rings. The number of aromatic nitrogens is 3. The number of thiophene rings is 1. The number of para-hydroxylation sites is 1. The summed E-state index contributed by atoms with van der Waals surface area (Å²) < 4.78 is 0. The van der Waals surface area contributed by atoms with E-state index in [0.717, 1.165) is 24.3 Å². The Morgan fingerprint density at radius 1 is 1.08 bits per heavy atom. The van der Waals surface area contributed by atoms with Crippen molar-refractivity contribution in [2.45, 2.75) is 26.9 Å². The van der Waals surface area contributed by atoms with E-state index in [0.29, 0.717) is 18.3 Å². The fraction of sp³-hybridized carbons (Fsp3) is 0.278. The van der Waals surface area contributed by atoms with Gasteiger partial charge >= 0.3 is 0 Å². The van der Waals surface area contributed by atoms with E-state index in [1.54, 1.807) is 11.3 Å². The smallest absolute Gasteiger partial charge is 0.232 e. The second-order valence-electron chi connectivity index (χ2n) is 5.76. The first-order chi connectivity index (χ1) is 12.1. The Balaban J connectivity index is 1.75. The van der Waals surface area contributed by atoms with Gasteiger partial charge in [-0.2, -0.15) is 15.0 Å². The Labute approximate surface area is 151 Å². The van der Waals surface area contributed by atoms with Crippen LogP contribution in [0.15, 0.2) is 41.8 Å². The summed E-state index contributed by atoms with van der Waals surface area (Å²) in [6.07, 6.45) is 0. The van der Waals surface area contributed by atoms with Crippen molar-refractivity contribution in [3.05, 3.63) is 58.0 Å². The Kier molecular flexibility index (Phi) is 5.57. The largest absolute Gasteiger partial charge is 0.368 e. The molecule has 3 rings (SSSR count). The lowest BCUT2D eigenvalue weighted by Crippen LogP contribution is -2.23. The van der Waals surface area contributed by atoms with E-state index >= 15 is 0 Å². The number of anilines is 3. The van der Waals surface area contributed by atoms with Crippen LogP contribution in [0.25, 0.3) is 0 Å². The first kappa shape index (κ1) is 17.3. The minimum Gasteiger partial charge on any atom is -0.368 e.